The van der Waals surface area contributed by atoms with Gasteiger partial charge < -0.3 is 9.47 Å². The number of rotatable bonds is 8. The number of imide groups is 1. The van der Waals surface area contributed by atoms with Crippen LogP contribution in [0.2, 0.25) is 0 Å². The van der Waals surface area contributed by atoms with Gasteiger partial charge in [0.25, 0.3) is 11.1 Å². The number of fused-ring (bicyclic) bond motifs is 1. The van der Waals surface area contributed by atoms with Crippen LogP contribution in [0.25, 0.3) is 16.8 Å². The van der Waals surface area contributed by atoms with Gasteiger partial charge in [0.15, 0.2) is 11.5 Å². The molecule has 0 atom stereocenters. The summed E-state index contributed by atoms with van der Waals surface area (Å²) in [7, 11) is 1.58. The third kappa shape index (κ3) is 5.09. The smallest absolute Gasteiger partial charge is 0.293 e. The van der Waals surface area contributed by atoms with E-state index in [-0.39, 0.29) is 11.1 Å². The van der Waals surface area contributed by atoms with Crippen LogP contribution in [0.3, 0.4) is 0 Å². The van der Waals surface area contributed by atoms with Crippen molar-refractivity contribution in [2.45, 2.75) is 26.4 Å². The Morgan fingerprint density at radius 1 is 1.09 bits per heavy atom. The lowest BCUT2D eigenvalue weighted by Crippen LogP contribution is -2.29. The molecule has 0 radical (unpaired) electrons. The Labute approximate surface area is 205 Å². The van der Waals surface area contributed by atoms with E-state index in [0.717, 1.165) is 46.5 Å². The second-order valence-electron chi connectivity index (χ2n) is 7.65. The Hall–Kier alpha value is -2.77. The van der Waals surface area contributed by atoms with Crippen molar-refractivity contribution in [2.75, 3.05) is 13.7 Å². The van der Waals surface area contributed by atoms with E-state index in [1.807, 2.05) is 43.3 Å². The lowest BCUT2D eigenvalue weighted by atomic mass is 10.1. The average Bonchev–Trinajstić information content (AvgIpc) is 3.08. The molecular formula is C26H24BrNO4S. The number of hydrogen-bond acceptors (Lipinski definition) is 5. The normalized spacial score (nSPS) is 15.0. The summed E-state index contributed by atoms with van der Waals surface area (Å²) in [6.45, 7) is 2.86. The van der Waals surface area contributed by atoms with E-state index in [4.69, 9.17) is 9.47 Å². The van der Waals surface area contributed by atoms with Crippen LogP contribution in [0.4, 0.5) is 4.79 Å². The Morgan fingerprint density at radius 3 is 2.67 bits per heavy atom. The Bertz CT molecular complexity index is 1230. The predicted molar refractivity (Wildman–Crippen MR) is 137 cm³/mol. The predicted octanol–water partition coefficient (Wildman–Crippen LogP) is 7.03. The van der Waals surface area contributed by atoms with Crippen LogP contribution in [0.5, 0.6) is 11.5 Å². The Kier molecular flexibility index (Phi) is 7.40. The summed E-state index contributed by atoms with van der Waals surface area (Å²) in [5.41, 5.74) is 1.82. The number of carbonyl (C=O) groups is 2. The van der Waals surface area contributed by atoms with E-state index in [9.17, 15) is 9.59 Å². The highest BCUT2D eigenvalue weighted by Gasteiger charge is 2.34. The molecule has 1 aliphatic heterocycles. The number of carbonyl (C=O) groups excluding carboxylic acids is 2. The maximum atomic E-state index is 12.6. The van der Waals surface area contributed by atoms with Crippen molar-refractivity contribution in [2.24, 2.45) is 0 Å². The molecule has 170 valence electrons. The molecule has 0 bridgehead atoms. The molecule has 2 amide bonds. The topological polar surface area (TPSA) is 55.8 Å². The van der Waals surface area contributed by atoms with E-state index in [1.165, 1.54) is 4.90 Å². The number of thioether (sulfide) groups is 1. The molecule has 33 heavy (non-hydrogen) atoms. The minimum absolute atomic E-state index is 0.222. The fraction of sp³-hybridized carbons (Fsp3) is 0.231. The van der Waals surface area contributed by atoms with Crippen LogP contribution in [-0.4, -0.2) is 29.7 Å². The van der Waals surface area contributed by atoms with Crippen molar-refractivity contribution in [3.05, 3.63) is 75.1 Å². The number of unbranched alkanes of at least 4 members (excludes halogenated alkanes) is 1. The summed E-state index contributed by atoms with van der Waals surface area (Å²) in [5.74, 6) is 0.879. The minimum Gasteiger partial charge on any atom is -0.493 e. The monoisotopic (exact) mass is 525 g/mol. The molecule has 7 heteroatoms. The van der Waals surface area contributed by atoms with Crippen molar-refractivity contribution in [3.8, 4) is 11.5 Å². The Morgan fingerprint density at radius 2 is 1.88 bits per heavy atom. The summed E-state index contributed by atoms with van der Waals surface area (Å²) in [5, 5.41) is 2.08. The standard InChI is InChI=1S/C26H24BrNO4S/c1-3-4-12-28-25(29)23(33-26(28)30)15-17-13-21(27)24(22(14-17)31-2)32-16-19-10-7-9-18-8-5-6-11-20(18)19/h5-11,13-15H,3-4,12,16H2,1-2H3/b23-15-. The van der Waals surface area contributed by atoms with Gasteiger partial charge in [-0.25, -0.2) is 0 Å². The maximum absolute atomic E-state index is 12.6. The largest absolute Gasteiger partial charge is 0.493 e. The molecule has 5 nitrogen and oxygen atoms in total. The number of nitrogens with zero attached hydrogens (tertiary/aromatic N) is 1. The molecule has 0 N–H and O–H groups in total. The Balaban J connectivity index is 1.57. The van der Waals surface area contributed by atoms with Crippen molar-refractivity contribution >= 4 is 55.7 Å². The minimum atomic E-state index is -0.246. The van der Waals surface area contributed by atoms with E-state index >= 15 is 0 Å². The average molecular weight is 526 g/mol. The highest BCUT2D eigenvalue weighted by molar-refractivity contribution is 9.10. The number of methoxy groups -OCH3 is 1. The lowest BCUT2D eigenvalue weighted by molar-refractivity contribution is -0.122. The fourth-order valence-electron chi connectivity index (χ4n) is 3.69. The van der Waals surface area contributed by atoms with Gasteiger partial charge in [0.2, 0.25) is 0 Å². The molecule has 0 aliphatic carbocycles. The summed E-state index contributed by atoms with van der Waals surface area (Å²) in [4.78, 5) is 26.6. The van der Waals surface area contributed by atoms with Crippen LogP contribution in [-0.2, 0) is 11.4 Å². The zero-order valence-corrected chi connectivity index (χ0v) is 20.9. The molecule has 1 fully saturated rings. The van der Waals surface area contributed by atoms with E-state index in [2.05, 4.69) is 34.1 Å². The molecule has 0 saturated carbocycles. The third-order valence-corrected chi connectivity index (χ3v) is 6.91. The lowest BCUT2D eigenvalue weighted by Gasteiger charge is -2.15. The van der Waals surface area contributed by atoms with E-state index in [1.54, 1.807) is 13.2 Å². The first-order valence-corrected chi connectivity index (χ1v) is 12.3. The molecule has 1 saturated heterocycles. The van der Waals surface area contributed by atoms with Gasteiger partial charge in [-0.3, -0.25) is 14.5 Å². The van der Waals surface area contributed by atoms with Gasteiger partial charge in [0, 0.05) is 6.54 Å². The summed E-state index contributed by atoms with van der Waals surface area (Å²) >= 11 is 4.55. The number of halogens is 1. The highest BCUT2D eigenvalue weighted by Crippen LogP contribution is 2.39. The second kappa shape index (κ2) is 10.4. The van der Waals surface area contributed by atoms with Gasteiger partial charge in [0.1, 0.15) is 6.61 Å². The summed E-state index contributed by atoms with van der Waals surface area (Å²) < 4.78 is 12.4. The van der Waals surface area contributed by atoms with Gasteiger partial charge in [-0.2, -0.15) is 0 Å². The van der Waals surface area contributed by atoms with Crippen LogP contribution in [0.1, 0.15) is 30.9 Å². The van der Waals surface area contributed by atoms with Crippen LogP contribution < -0.4 is 9.47 Å². The SMILES string of the molecule is CCCCN1C(=O)S/C(=C\c2cc(Br)c(OCc3cccc4ccccc34)c(OC)c2)C1=O. The number of ether oxygens (including phenoxy) is 2. The first-order chi connectivity index (χ1) is 16.0. The van der Waals surface area contributed by atoms with E-state index in [0.29, 0.717) is 34.0 Å². The zero-order chi connectivity index (χ0) is 23.4. The van der Waals surface area contributed by atoms with Crippen molar-refractivity contribution in [1.82, 2.24) is 4.90 Å². The second-order valence-corrected chi connectivity index (χ2v) is 9.50. The number of hydrogen-bond donors (Lipinski definition) is 0. The maximum Gasteiger partial charge on any atom is 0.293 e. The quantitative estimate of drug-likeness (QED) is 0.295. The molecule has 0 aromatic heterocycles. The molecule has 3 aromatic carbocycles. The summed E-state index contributed by atoms with van der Waals surface area (Å²) in [6.07, 6.45) is 3.44. The molecule has 1 heterocycles. The van der Waals surface area contributed by atoms with Crippen molar-refractivity contribution < 1.29 is 19.1 Å². The third-order valence-electron chi connectivity index (χ3n) is 5.41. The van der Waals surface area contributed by atoms with Crippen LogP contribution in [0, 0.1) is 0 Å². The van der Waals surface area contributed by atoms with Gasteiger partial charge >= 0.3 is 0 Å². The first-order valence-electron chi connectivity index (χ1n) is 10.7. The summed E-state index contributed by atoms with van der Waals surface area (Å²) in [6, 6.07) is 18.0. The number of amides is 2. The molecular weight excluding hydrogens is 502 g/mol. The molecule has 1 aliphatic rings. The molecule has 0 unspecified atom stereocenters. The van der Waals surface area contributed by atoms with Gasteiger partial charge in [0.05, 0.1) is 16.5 Å². The van der Waals surface area contributed by atoms with Crippen molar-refractivity contribution in [3.63, 3.8) is 0 Å². The van der Waals surface area contributed by atoms with Gasteiger partial charge in [-0.15, -0.1) is 0 Å². The van der Waals surface area contributed by atoms with Crippen LogP contribution in [0.15, 0.2) is 64.0 Å². The fourth-order valence-corrected chi connectivity index (χ4v) is 5.13. The number of benzene rings is 3. The zero-order valence-electron chi connectivity index (χ0n) is 18.5. The van der Waals surface area contributed by atoms with Crippen molar-refractivity contribution in [1.29, 1.82) is 0 Å². The van der Waals surface area contributed by atoms with Crippen LogP contribution >= 0.6 is 27.7 Å². The molecule has 3 aromatic rings. The van der Waals surface area contributed by atoms with Gasteiger partial charge in [-0.1, -0.05) is 55.8 Å². The van der Waals surface area contributed by atoms with E-state index < -0.39 is 0 Å². The highest BCUT2D eigenvalue weighted by atomic mass is 79.9. The first kappa shape index (κ1) is 23.4. The molecule has 4 rings (SSSR count). The molecule has 0 spiro atoms. The van der Waals surface area contributed by atoms with Gasteiger partial charge in [-0.05, 0) is 74.2 Å².